The van der Waals surface area contributed by atoms with Crippen LogP contribution in [0.2, 0.25) is 0 Å². The summed E-state index contributed by atoms with van der Waals surface area (Å²) in [4.78, 5) is 112. The molecule has 1 aromatic heterocycles. The average molecular weight is 1440 g/mol. The molecule has 0 bridgehead atoms. The smallest absolute Gasteiger partial charge is 0.370 e. The van der Waals surface area contributed by atoms with Gasteiger partial charge < -0.3 is 63.7 Å². The number of morpholine rings is 2. The van der Waals surface area contributed by atoms with E-state index in [9.17, 15) is 43.5 Å². The van der Waals surface area contributed by atoms with Crippen molar-refractivity contribution in [1.29, 1.82) is 0 Å². The fourth-order valence-electron chi connectivity index (χ4n) is 13.0. The Morgan fingerprint density at radius 2 is 1.03 bits per heavy atom. The number of rotatable bonds is 20. The summed E-state index contributed by atoms with van der Waals surface area (Å²) < 4.78 is 22.0. The van der Waals surface area contributed by atoms with Crippen molar-refractivity contribution in [2.75, 3.05) is 134 Å². The number of aliphatic hydroxyl groups excluding tert-OH is 1. The topological polar surface area (TPSA) is 271 Å². The number of carbonyl (C=O) groups excluding carboxylic acids is 8. The van der Waals surface area contributed by atoms with E-state index < -0.39 is 5.97 Å². The predicted molar refractivity (Wildman–Crippen MR) is 401 cm³/mol. The van der Waals surface area contributed by atoms with Gasteiger partial charge in [0.1, 0.15) is 17.1 Å². The number of methoxy groups -OCH3 is 1. The van der Waals surface area contributed by atoms with Gasteiger partial charge in [0.15, 0.2) is 5.78 Å². The first-order chi connectivity index (χ1) is 50.6. The molecule has 0 spiro atoms. The van der Waals surface area contributed by atoms with Crippen LogP contribution in [0, 0.1) is 0 Å². The number of hydrogen-bond donors (Lipinski definition) is 3. The lowest BCUT2D eigenvalue weighted by molar-refractivity contribution is -0.134. The number of esters is 1. The molecule has 6 aromatic rings. The number of ether oxygens (including phenoxy) is 4. The third-order valence-electron chi connectivity index (χ3n) is 18.6. The molecule has 0 saturated carbocycles. The highest BCUT2D eigenvalue weighted by atomic mass is 35.5. The number of fused-ring (bicyclic) bond motifs is 1. The van der Waals surface area contributed by atoms with E-state index in [4.69, 9.17) is 25.8 Å². The molecule has 0 unspecified atom stereocenters. The number of benzene rings is 5. The third kappa shape index (κ3) is 19.7. The van der Waals surface area contributed by atoms with Crippen molar-refractivity contribution in [2.24, 2.45) is 5.10 Å². The van der Waals surface area contributed by atoms with E-state index in [0.29, 0.717) is 107 Å². The van der Waals surface area contributed by atoms with Gasteiger partial charge in [0.05, 0.1) is 69.5 Å². The number of aromatic nitrogens is 2. The predicted octanol–water partition coefficient (Wildman–Crippen LogP) is 10.8. The van der Waals surface area contributed by atoms with E-state index in [1.54, 1.807) is 72.4 Å². The molecule has 7 aliphatic heterocycles. The molecule has 0 atom stereocenters. The highest BCUT2D eigenvalue weighted by Crippen LogP contribution is 2.33. The minimum atomic E-state index is -0.657. The molecule has 104 heavy (non-hydrogen) atoms. The highest BCUT2D eigenvalue weighted by Gasteiger charge is 2.36. The van der Waals surface area contributed by atoms with Crippen molar-refractivity contribution in [3.63, 3.8) is 0 Å². The second kappa shape index (κ2) is 37.8. The molecule has 550 valence electrons. The number of amides is 6. The van der Waals surface area contributed by atoms with Crippen LogP contribution in [0.25, 0.3) is 5.69 Å². The largest absolute Gasteiger partial charge is 0.497 e. The number of anilines is 7. The Morgan fingerprint density at radius 3 is 1.49 bits per heavy atom. The normalized spacial score (nSPS) is 17.1. The Kier molecular flexibility index (Phi) is 27.8. The number of ketones is 1. The van der Waals surface area contributed by atoms with Gasteiger partial charge in [-0.1, -0.05) is 55.7 Å². The molecule has 4 fully saturated rings. The van der Waals surface area contributed by atoms with E-state index in [2.05, 4.69) is 42.4 Å². The summed E-state index contributed by atoms with van der Waals surface area (Å²) in [6.45, 7) is 14.5. The van der Waals surface area contributed by atoms with Gasteiger partial charge >= 0.3 is 5.97 Å². The van der Waals surface area contributed by atoms with Crippen molar-refractivity contribution in [3.8, 4) is 11.4 Å². The fraction of sp³-hybridized carbons (Fsp3) is 0.410. The van der Waals surface area contributed by atoms with Crippen LogP contribution in [0.1, 0.15) is 130 Å². The van der Waals surface area contributed by atoms with E-state index in [1.807, 2.05) is 99.6 Å². The van der Waals surface area contributed by atoms with Gasteiger partial charge in [0.2, 0.25) is 22.9 Å². The van der Waals surface area contributed by atoms with Gasteiger partial charge in [-0.3, -0.25) is 39.0 Å². The van der Waals surface area contributed by atoms with Gasteiger partial charge in [-0.15, -0.1) is 0 Å². The maximum atomic E-state index is 13.7. The van der Waals surface area contributed by atoms with Crippen LogP contribution < -0.4 is 40.0 Å². The van der Waals surface area contributed by atoms with Gasteiger partial charge in [-0.25, -0.2) is 9.48 Å². The van der Waals surface area contributed by atoms with E-state index in [1.165, 1.54) is 11.6 Å². The Bertz CT molecular complexity index is 4060. The molecule has 13 rings (SSSR count). The van der Waals surface area contributed by atoms with Gasteiger partial charge in [0.25, 0.3) is 17.7 Å². The molecule has 3 N–H and O–H groups in total. The van der Waals surface area contributed by atoms with E-state index in [0.717, 1.165) is 147 Å². The SMILES string of the molecule is CC(=O)c1nn(-c2ccc(CO)cc2)c2c1CCN(c1ccc(N3CCCCC3=O)cc1)C2=O.CCCCCC(=O)Nc1ccc(N2CCC=C(N3CCOCC3)C2=O)cc1.CCOC(=O)/C(Cl)=N/Nc1ccc(OC)cc1.O=C1CCCCN1c1ccc(N2CCC=C(N3CCOCC3)C2=O)cc1. The summed E-state index contributed by atoms with van der Waals surface area (Å²) in [5.74, 6) is 0.127. The lowest BCUT2D eigenvalue weighted by Gasteiger charge is -2.35. The minimum absolute atomic E-state index is 0.0412. The zero-order valence-corrected chi connectivity index (χ0v) is 60.5. The summed E-state index contributed by atoms with van der Waals surface area (Å²) in [6, 6.07) is 37.0. The summed E-state index contributed by atoms with van der Waals surface area (Å²) >= 11 is 5.61. The van der Waals surface area contributed by atoms with Crippen LogP contribution >= 0.6 is 11.6 Å². The number of aliphatic hydroxyl groups is 1. The monoisotopic (exact) mass is 1440 g/mol. The van der Waals surface area contributed by atoms with Crippen LogP contribution in [0.4, 0.5) is 39.8 Å². The van der Waals surface area contributed by atoms with Crippen LogP contribution in [-0.2, 0) is 56.0 Å². The molecule has 8 heterocycles. The van der Waals surface area contributed by atoms with Crippen LogP contribution in [0.5, 0.6) is 5.75 Å². The molecule has 6 amide bonds. The standard InChI is InChI=1S/C26H26N4O4.C21H29N3O3.C20H25N3O3.C11H13ClN2O3/c1-17(32)24-22-13-15-29(20-11-9-19(10-12-20)28-14-3-2-4-23(28)33)26(34)25(22)30(27-24)21-7-5-18(16-31)6-8-21;1-2-3-4-7-20(25)22-17-8-10-18(11-9-17)24-12-5-6-19(21(24)26)23-13-15-27-16-14-23;24-19-5-1-2-10-22(19)16-6-8-17(9-7-16)23-11-3-4-18(20(23)25)21-12-14-26-15-13-21;1-3-17-11(15)10(12)14-13-8-4-6-9(16-2)7-5-8/h5-12,31H,2-4,13-16H2,1H3;6,8-11H,2-5,7,12-16H2,1H3,(H,22,25);4,6-9H,1-3,5,10-15H2;4-7,13H,3H2,1-2H3/b;;;14-10-. The quantitative estimate of drug-likeness (QED) is 0.0211. The number of unbranched alkanes of at least 4 members (excludes halogenated alkanes) is 2. The summed E-state index contributed by atoms with van der Waals surface area (Å²) in [7, 11) is 1.58. The number of nitrogens with zero attached hydrogens (tertiary/aromatic N) is 10. The minimum Gasteiger partial charge on any atom is -0.497 e. The Labute approximate surface area is 611 Å². The molecule has 7 aliphatic rings. The summed E-state index contributed by atoms with van der Waals surface area (Å²) in [6.07, 6.45) is 15.1. The third-order valence-corrected chi connectivity index (χ3v) is 18.8. The van der Waals surface area contributed by atoms with E-state index in [-0.39, 0.29) is 59.6 Å². The molecule has 0 aliphatic carbocycles. The summed E-state index contributed by atoms with van der Waals surface area (Å²) in [5.41, 5.74) is 12.7. The molecule has 4 saturated heterocycles. The van der Waals surface area contributed by atoms with Crippen molar-refractivity contribution in [1.82, 2.24) is 19.6 Å². The maximum absolute atomic E-state index is 13.7. The van der Waals surface area contributed by atoms with Crippen molar-refractivity contribution in [3.05, 3.63) is 167 Å². The molecular weight excluding hydrogens is 1350 g/mol. The zero-order valence-electron chi connectivity index (χ0n) is 59.7. The van der Waals surface area contributed by atoms with Crippen LogP contribution in [-0.4, -0.2) is 176 Å². The molecular formula is C78H93ClN12O13. The number of piperidine rings is 2. The molecule has 0 radical (unpaired) electrons. The zero-order chi connectivity index (χ0) is 73.5. The van der Waals surface area contributed by atoms with Crippen molar-refractivity contribution in [2.45, 2.75) is 111 Å². The number of halogens is 1. The first kappa shape index (κ1) is 76.4. The van der Waals surface area contributed by atoms with Gasteiger partial charge in [-0.05, 0) is 173 Å². The molecule has 25 nitrogen and oxygen atoms in total. The molecule has 26 heteroatoms. The number of hydrazone groups is 1. The number of carbonyl (C=O) groups is 8. The van der Waals surface area contributed by atoms with Crippen LogP contribution in [0.3, 0.4) is 0 Å². The van der Waals surface area contributed by atoms with Crippen LogP contribution in [0.15, 0.2) is 150 Å². The second-order valence-corrected chi connectivity index (χ2v) is 26.0. The number of nitrogens with one attached hydrogen (secondary N) is 2. The lowest BCUT2D eigenvalue weighted by Crippen LogP contribution is -2.45. The number of Topliss-reactive ketones (excluding diaryl/α,β-unsaturated/α-hetero) is 1. The van der Waals surface area contributed by atoms with E-state index >= 15 is 0 Å². The Hall–Kier alpha value is -10.2. The first-order valence-electron chi connectivity index (χ1n) is 35.9. The average Bonchev–Trinajstić information content (AvgIpc) is 1.59. The van der Waals surface area contributed by atoms with Gasteiger partial charge in [-0.2, -0.15) is 10.2 Å². The first-order valence-corrected chi connectivity index (χ1v) is 36.3. The second-order valence-electron chi connectivity index (χ2n) is 25.6. The maximum Gasteiger partial charge on any atom is 0.370 e. The summed E-state index contributed by atoms with van der Waals surface area (Å²) in [5, 5.41) is 20.2. The van der Waals surface area contributed by atoms with Gasteiger partial charge in [0, 0.05) is 125 Å². The lowest BCUT2D eigenvalue weighted by atomic mass is 10.0. The van der Waals surface area contributed by atoms with Crippen molar-refractivity contribution < 1.29 is 62.4 Å². The Balaban J connectivity index is 0.000000153. The highest BCUT2D eigenvalue weighted by molar-refractivity contribution is 6.82. The fourth-order valence-corrected chi connectivity index (χ4v) is 13.1. The van der Waals surface area contributed by atoms with Crippen molar-refractivity contribution >= 4 is 104 Å². The molecule has 5 aromatic carbocycles. The number of hydrogen-bond acceptors (Lipinski definition) is 18. The Morgan fingerprint density at radius 1 is 0.558 bits per heavy atom.